The van der Waals surface area contributed by atoms with Crippen LogP contribution in [0.15, 0.2) is 29.7 Å². The van der Waals surface area contributed by atoms with Gasteiger partial charge in [-0.1, -0.05) is 0 Å². The maximum atomic E-state index is 12.3. The molecule has 0 bridgehead atoms. The molecule has 2 heterocycles. The molecule has 0 N–H and O–H groups in total. The van der Waals surface area contributed by atoms with Crippen LogP contribution in [0.3, 0.4) is 0 Å². The van der Waals surface area contributed by atoms with Gasteiger partial charge in [-0.2, -0.15) is 0 Å². The standard InChI is InChI=1S/C13H13N3O3S/c1-20(18)13-15-14-8-16(13)7-11(17)9-2-3-12-10(6-9)4-5-19-12/h2-3,6,8H,4-5,7H2,1H3/t20-/m1/s1. The van der Waals surface area contributed by atoms with E-state index >= 15 is 0 Å². The average Bonchev–Trinajstić information content (AvgIpc) is 3.05. The highest BCUT2D eigenvalue weighted by Gasteiger charge is 2.17. The summed E-state index contributed by atoms with van der Waals surface area (Å²) >= 11 is 0. The molecule has 20 heavy (non-hydrogen) atoms. The predicted octanol–water partition coefficient (Wildman–Crippen LogP) is 0.833. The van der Waals surface area contributed by atoms with Crippen LogP contribution in [-0.4, -0.2) is 37.6 Å². The van der Waals surface area contributed by atoms with Crippen LogP contribution in [0, 0.1) is 0 Å². The smallest absolute Gasteiger partial charge is 0.221 e. The Morgan fingerprint density at radius 3 is 3.15 bits per heavy atom. The summed E-state index contributed by atoms with van der Waals surface area (Å²) in [5, 5.41) is 7.76. The first-order valence-corrected chi connectivity index (χ1v) is 7.71. The number of hydrogen-bond donors (Lipinski definition) is 0. The zero-order valence-electron chi connectivity index (χ0n) is 10.9. The Morgan fingerprint density at radius 1 is 1.50 bits per heavy atom. The van der Waals surface area contributed by atoms with E-state index in [0.29, 0.717) is 17.3 Å². The number of carbonyl (C=O) groups excluding carboxylic acids is 1. The molecule has 0 saturated heterocycles. The second kappa shape index (κ2) is 5.16. The van der Waals surface area contributed by atoms with Crippen molar-refractivity contribution in [2.75, 3.05) is 12.9 Å². The van der Waals surface area contributed by atoms with E-state index in [1.165, 1.54) is 17.2 Å². The SMILES string of the molecule is C[S@@](=O)c1nncn1CC(=O)c1ccc2c(c1)CCO2. The minimum Gasteiger partial charge on any atom is -0.493 e. The summed E-state index contributed by atoms with van der Waals surface area (Å²) in [6.45, 7) is 0.749. The van der Waals surface area contributed by atoms with Gasteiger partial charge in [0, 0.05) is 18.2 Å². The Labute approximate surface area is 118 Å². The van der Waals surface area contributed by atoms with E-state index in [4.69, 9.17) is 4.74 Å². The van der Waals surface area contributed by atoms with Crippen molar-refractivity contribution in [3.63, 3.8) is 0 Å². The minimum absolute atomic E-state index is 0.0637. The van der Waals surface area contributed by atoms with Crippen molar-refractivity contribution in [2.45, 2.75) is 18.1 Å². The minimum atomic E-state index is -1.26. The van der Waals surface area contributed by atoms with Crippen LogP contribution in [0.5, 0.6) is 5.75 Å². The molecule has 0 spiro atoms. The van der Waals surface area contributed by atoms with E-state index in [-0.39, 0.29) is 12.3 Å². The van der Waals surface area contributed by atoms with Crippen LogP contribution in [0.4, 0.5) is 0 Å². The molecule has 1 atom stereocenters. The molecular formula is C13H13N3O3S. The van der Waals surface area contributed by atoms with Crippen LogP contribution in [0.2, 0.25) is 0 Å². The fraction of sp³-hybridized carbons (Fsp3) is 0.308. The monoisotopic (exact) mass is 291 g/mol. The normalized spacial score (nSPS) is 14.7. The molecule has 0 fully saturated rings. The second-order valence-corrected chi connectivity index (χ2v) is 5.81. The number of fused-ring (bicyclic) bond motifs is 1. The molecule has 1 aliphatic heterocycles. The maximum Gasteiger partial charge on any atom is 0.221 e. The van der Waals surface area contributed by atoms with Gasteiger partial charge < -0.3 is 4.74 Å². The zero-order valence-corrected chi connectivity index (χ0v) is 11.7. The number of hydrogen-bond acceptors (Lipinski definition) is 5. The number of ketones is 1. The van der Waals surface area contributed by atoms with Crippen molar-refractivity contribution in [2.24, 2.45) is 0 Å². The highest BCUT2D eigenvalue weighted by molar-refractivity contribution is 7.84. The second-order valence-electron chi connectivity index (χ2n) is 4.54. The molecule has 1 aromatic carbocycles. The predicted molar refractivity (Wildman–Crippen MR) is 72.3 cm³/mol. The number of Topliss-reactive ketones (excluding diaryl/α,β-unsaturated/α-hetero) is 1. The Hall–Kier alpha value is -2.02. The zero-order chi connectivity index (χ0) is 14.1. The number of carbonyl (C=O) groups is 1. The summed E-state index contributed by atoms with van der Waals surface area (Å²) in [5.74, 6) is 0.785. The van der Waals surface area contributed by atoms with Gasteiger partial charge in [0.25, 0.3) is 0 Å². The number of benzene rings is 1. The molecule has 1 aliphatic rings. The van der Waals surface area contributed by atoms with Gasteiger partial charge in [-0.05, 0) is 23.8 Å². The maximum absolute atomic E-state index is 12.3. The van der Waals surface area contributed by atoms with Gasteiger partial charge in [0.2, 0.25) is 5.16 Å². The first-order chi connectivity index (χ1) is 9.65. The summed E-state index contributed by atoms with van der Waals surface area (Å²) in [6, 6.07) is 5.43. The van der Waals surface area contributed by atoms with Crippen molar-refractivity contribution < 1.29 is 13.7 Å². The van der Waals surface area contributed by atoms with Gasteiger partial charge in [0.1, 0.15) is 12.1 Å². The van der Waals surface area contributed by atoms with Crippen molar-refractivity contribution in [1.29, 1.82) is 0 Å². The van der Waals surface area contributed by atoms with E-state index in [1.54, 1.807) is 6.07 Å². The van der Waals surface area contributed by atoms with Gasteiger partial charge >= 0.3 is 0 Å². The Morgan fingerprint density at radius 2 is 2.35 bits per heavy atom. The molecule has 1 aromatic heterocycles. The Balaban J connectivity index is 1.83. The van der Waals surface area contributed by atoms with E-state index in [2.05, 4.69) is 10.2 Å². The lowest BCUT2D eigenvalue weighted by Crippen LogP contribution is -2.13. The average molecular weight is 291 g/mol. The lowest BCUT2D eigenvalue weighted by Gasteiger charge is -2.05. The van der Waals surface area contributed by atoms with Gasteiger partial charge in [-0.3, -0.25) is 13.6 Å². The molecule has 2 aromatic rings. The Kier molecular flexibility index (Phi) is 3.35. The molecule has 0 amide bonds. The summed E-state index contributed by atoms with van der Waals surface area (Å²) in [6.07, 6.45) is 3.76. The number of aromatic nitrogens is 3. The summed E-state index contributed by atoms with van der Waals surface area (Å²) in [7, 11) is -1.26. The summed E-state index contributed by atoms with van der Waals surface area (Å²) in [5.41, 5.74) is 1.68. The van der Waals surface area contributed by atoms with E-state index in [9.17, 15) is 9.00 Å². The fourth-order valence-electron chi connectivity index (χ4n) is 2.18. The van der Waals surface area contributed by atoms with Crippen molar-refractivity contribution in [3.05, 3.63) is 35.7 Å². The molecule has 6 nitrogen and oxygen atoms in total. The molecule has 3 rings (SSSR count). The molecule has 7 heteroatoms. The summed E-state index contributed by atoms with van der Waals surface area (Å²) in [4.78, 5) is 12.3. The quantitative estimate of drug-likeness (QED) is 0.780. The largest absolute Gasteiger partial charge is 0.493 e. The number of rotatable bonds is 4. The van der Waals surface area contributed by atoms with Crippen LogP contribution in [0.1, 0.15) is 15.9 Å². The van der Waals surface area contributed by atoms with Gasteiger partial charge in [-0.25, -0.2) is 0 Å². The van der Waals surface area contributed by atoms with Gasteiger partial charge in [0.05, 0.1) is 24.0 Å². The third-order valence-electron chi connectivity index (χ3n) is 3.16. The molecule has 0 saturated carbocycles. The first kappa shape index (κ1) is 13.0. The molecule has 0 aliphatic carbocycles. The van der Waals surface area contributed by atoms with Crippen molar-refractivity contribution in [1.82, 2.24) is 14.8 Å². The van der Waals surface area contributed by atoms with E-state index < -0.39 is 10.8 Å². The molecule has 0 unspecified atom stereocenters. The van der Waals surface area contributed by atoms with Crippen LogP contribution >= 0.6 is 0 Å². The number of ether oxygens (including phenoxy) is 1. The topological polar surface area (TPSA) is 74.1 Å². The van der Waals surface area contributed by atoms with Crippen molar-refractivity contribution in [3.8, 4) is 5.75 Å². The Bertz CT molecular complexity index is 696. The highest BCUT2D eigenvalue weighted by atomic mass is 32.2. The first-order valence-electron chi connectivity index (χ1n) is 6.15. The van der Waals surface area contributed by atoms with Gasteiger partial charge in [-0.15, -0.1) is 10.2 Å². The molecular weight excluding hydrogens is 278 g/mol. The fourth-order valence-corrected chi connectivity index (χ4v) is 2.79. The van der Waals surface area contributed by atoms with E-state index in [1.807, 2.05) is 12.1 Å². The van der Waals surface area contributed by atoms with Crippen molar-refractivity contribution >= 4 is 16.6 Å². The highest BCUT2D eigenvalue weighted by Crippen LogP contribution is 2.26. The third-order valence-corrected chi connectivity index (χ3v) is 3.99. The molecule has 0 radical (unpaired) electrons. The summed E-state index contributed by atoms with van der Waals surface area (Å²) < 4.78 is 18.4. The van der Waals surface area contributed by atoms with Crippen LogP contribution < -0.4 is 4.74 Å². The van der Waals surface area contributed by atoms with E-state index in [0.717, 1.165) is 17.7 Å². The van der Waals surface area contributed by atoms with Crippen LogP contribution in [0.25, 0.3) is 0 Å². The lowest BCUT2D eigenvalue weighted by molar-refractivity contribution is 0.0969. The lowest BCUT2D eigenvalue weighted by atomic mass is 10.1. The van der Waals surface area contributed by atoms with Gasteiger partial charge in [0.15, 0.2) is 5.78 Å². The molecule has 104 valence electrons. The third kappa shape index (κ3) is 2.36. The van der Waals surface area contributed by atoms with Crippen LogP contribution in [-0.2, 0) is 23.8 Å². The number of nitrogens with zero attached hydrogens (tertiary/aromatic N) is 3.